The quantitative estimate of drug-likeness (QED) is 0.798. The molecule has 1 aromatic carbocycles. The number of aromatic nitrogens is 2. The van der Waals surface area contributed by atoms with E-state index in [1.54, 1.807) is 25.4 Å². The van der Waals surface area contributed by atoms with Gasteiger partial charge in [-0.2, -0.15) is 0 Å². The van der Waals surface area contributed by atoms with Gasteiger partial charge in [-0.15, -0.1) is 0 Å². The molecule has 21 heavy (non-hydrogen) atoms. The number of methoxy groups -OCH3 is 1. The van der Waals surface area contributed by atoms with Gasteiger partial charge in [0.05, 0.1) is 12.2 Å². The minimum Gasteiger partial charge on any atom is -0.380 e. The average Bonchev–Trinajstić information content (AvgIpc) is 2.52. The molecule has 2 aromatic heterocycles. The molecular formula is C16H15N3O2. The Hall–Kier alpha value is -2.66. The van der Waals surface area contributed by atoms with Crippen molar-refractivity contribution in [3.05, 3.63) is 70.6 Å². The Morgan fingerprint density at radius 1 is 1.14 bits per heavy atom. The summed E-state index contributed by atoms with van der Waals surface area (Å²) >= 11 is 0. The predicted octanol–water partition coefficient (Wildman–Crippen LogP) is 2.58. The molecule has 3 aromatic rings. The van der Waals surface area contributed by atoms with Crippen molar-refractivity contribution in [2.24, 2.45) is 0 Å². The number of hydrogen-bond donors (Lipinski definition) is 1. The first kappa shape index (κ1) is 13.3. The van der Waals surface area contributed by atoms with Crippen molar-refractivity contribution in [2.45, 2.75) is 6.61 Å². The SMILES string of the molecule is COCc1c(Nc2ccccc2)nc2ccccn2c1=O. The minimum atomic E-state index is -0.124. The zero-order valence-electron chi connectivity index (χ0n) is 11.6. The number of benzene rings is 1. The van der Waals surface area contributed by atoms with Crippen LogP contribution in [0, 0.1) is 0 Å². The molecule has 5 nitrogen and oxygen atoms in total. The fourth-order valence-electron chi connectivity index (χ4n) is 2.16. The van der Waals surface area contributed by atoms with E-state index in [0.717, 1.165) is 5.69 Å². The van der Waals surface area contributed by atoms with Crippen molar-refractivity contribution in [1.82, 2.24) is 9.38 Å². The zero-order chi connectivity index (χ0) is 14.7. The molecule has 0 fully saturated rings. The maximum atomic E-state index is 12.5. The number of nitrogens with zero attached hydrogens (tertiary/aromatic N) is 2. The number of anilines is 2. The average molecular weight is 281 g/mol. The van der Waals surface area contributed by atoms with E-state index in [1.807, 2.05) is 36.4 Å². The van der Waals surface area contributed by atoms with Crippen LogP contribution in [0.1, 0.15) is 5.56 Å². The van der Waals surface area contributed by atoms with Crippen LogP contribution in [0.15, 0.2) is 59.5 Å². The first-order valence-corrected chi connectivity index (χ1v) is 6.61. The lowest BCUT2D eigenvalue weighted by molar-refractivity contribution is 0.184. The maximum absolute atomic E-state index is 12.5. The van der Waals surface area contributed by atoms with E-state index in [1.165, 1.54) is 4.40 Å². The Labute approximate surface area is 121 Å². The molecule has 106 valence electrons. The van der Waals surface area contributed by atoms with Crippen LogP contribution in [-0.4, -0.2) is 16.5 Å². The smallest absolute Gasteiger partial charge is 0.265 e. The highest BCUT2D eigenvalue weighted by molar-refractivity contribution is 5.61. The number of para-hydroxylation sites is 1. The molecule has 1 N–H and O–H groups in total. The minimum absolute atomic E-state index is 0.124. The third kappa shape index (κ3) is 2.64. The van der Waals surface area contributed by atoms with E-state index < -0.39 is 0 Å². The maximum Gasteiger partial charge on any atom is 0.265 e. The summed E-state index contributed by atoms with van der Waals surface area (Å²) in [5.74, 6) is 0.527. The number of pyridine rings is 1. The van der Waals surface area contributed by atoms with Crippen molar-refractivity contribution in [3.8, 4) is 0 Å². The molecule has 0 aliphatic rings. The molecule has 0 atom stereocenters. The van der Waals surface area contributed by atoms with Crippen molar-refractivity contribution < 1.29 is 4.74 Å². The first-order chi connectivity index (χ1) is 10.3. The summed E-state index contributed by atoms with van der Waals surface area (Å²) in [6.45, 7) is 0.207. The van der Waals surface area contributed by atoms with Crippen molar-refractivity contribution in [2.75, 3.05) is 12.4 Å². The van der Waals surface area contributed by atoms with Crippen molar-refractivity contribution >= 4 is 17.2 Å². The number of nitrogens with one attached hydrogen (secondary N) is 1. The Morgan fingerprint density at radius 3 is 2.67 bits per heavy atom. The zero-order valence-corrected chi connectivity index (χ0v) is 11.6. The second kappa shape index (κ2) is 5.76. The van der Waals surface area contributed by atoms with Gasteiger partial charge in [-0.1, -0.05) is 24.3 Å². The van der Waals surface area contributed by atoms with Crippen molar-refractivity contribution in [3.63, 3.8) is 0 Å². The second-order valence-corrected chi connectivity index (χ2v) is 4.60. The number of rotatable bonds is 4. The summed E-state index contributed by atoms with van der Waals surface area (Å²) in [4.78, 5) is 17.1. The molecule has 0 spiro atoms. The van der Waals surface area contributed by atoms with Gasteiger partial charge in [0.1, 0.15) is 11.5 Å². The molecule has 0 unspecified atom stereocenters. The Balaban J connectivity index is 2.15. The molecule has 5 heteroatoms. The summed E-state index contributed by atoms with van der Waals surface area (Å²) < 4.78 is 6.66. The van der Waals surface area contributed by atoms with Crippen LogP contribution >= 0.6 is 0 Å². The van der Waals surface area contributed by atoms with Crippen LogP contribution in [0.25, 0.3) is 5.65 Å². The number of ether oxygens (including phenoxy) is 1. The standard InChI is InChI=1S/C16H15N3O2/c1-21-11-13-15(17-12-7-3-2-4-8-12)18-14-9-5-6-10-19(14)16(13)20/h2-10,17H,11H2,1H3. The molecule has 0 aliphatic heterocycles. The third-order valence-electron chi connectivity index (χ3n) is 3.15. The van der Waals surface area contributed by atoms with Crippen LogP contribution < -0.4 is 10.9 Å². The second-order valence-electron chi connectivity index (χ2n) is 4.60. The van der Waals surface area contributed by atoms with Gasteiger partial charge < -0.3 is 10.1 Å². The predicted molar refractivity (Wildman–Crippen MR) is 81.9 cm³/mol. The fraction of sp³-hybridized carbons (Fsp3) is 0.125. The lowest BCUT2D eigenvalue weighted by Gasteiger charge is -2.12. The Morgan fingerprint density at radius 2 is 1.90 bits per heavy atom. The monoisotopic (exact) mass is 281 g/mol. The van der Waals surface area contributed by atoms with Gasteiger partial charge in [-0.25, -0.2) is 4.98 Å². The largest absolute Gasteiger partial charge is 0.380 e. The van der Waals surface area contributed by atoms with Crippen LogP contribution in [0.2, 0.25) is 0 Å². The normalized spacial score (nSPS) is 10.7. The molecule has 3 rings (SSSR count). The number of hydrogen-bond acceptors (Lipinski definition) is 4. The third-order valence-corrected chi connectivity index (χ3v) is 3.15. The Bertz CT molecular complexity index is 813. The lowest BCUT2D eigenvalue weighted by Crippen LogP contribution is -2.22. The highest BCUT2D eigenvalue weighted by Crippen LogP contribution is 2.17. The Kier molecular flexibility index (Phi) is 3.66. The van der Waals surface area contributed by atoms with E-state index in [9.17, 15) is 4.79 Å². The van der Waals surface area contributed by atoms with Gasteiger partial charge in [0.2, 0.25) is 0 Å². The van der Waals surface area contributed by atoms with Gasteiger partial charge in [0.15, 0.2) is 0 Å². The molecular weight excluding hydrogens is 266 g/mol. The summed E-state index contributed by atoms with van der Waals surface area (Å²) in [6, 6.07) is 15.1. The summed E-state index contributed by atoms with van der Waals surface area (Å²) in [5, 5.41) is 3.19. The van der Waals surface area contributed by atoms with Crippen LogP contribution in [0.5, 0.6) is 0 Å². The van der Waals surface area contributed by atoms with Crippen molar-refractivity contribution in [1.29, 1.82) is 0 Å². The lowest BCUT2D eigenvalue weighted by atomic mass is 10.2. The molecule has 0 saturated heterocycles. The molecule has 2 heterocycles. The van der Waals surface area contributed by atoms with Gasteiger partial charge in [-0.3, -0.25) is 9.20 Å². The van der Waals surface area contributed by atoms with Gasteiger partial charge in [0.25, 0.3) is 5.56 Å². The van der Waals surface area contributed by atoms with Gasteiger partial charge >= 0.3 is 0 Å². The molecule has 0 saturated carbocycles. The van der Waals surface area contributed by atoms with E-state index in [4.69, 9.17) is 4.74 Å². The van der Waals surface area contributed by atoms with E-state index in [0.29, 0.717) is 17.0 Å². The van der Waals surface area contributed by atoms with Crippen LogP contribution in [0.4, 0.5) is 11.5 Å². The van der Waals surface area contributed by atoms with Crippen LogP contribution in [-0.2, 0) is 11.3 Å². The fourth-order valence-corrected chi connectivity index (χ4v) is 2.16. The summed E-state index contributed by atoms with van der Waals surface area (Å²) in [5.41, 5.74) is 1.86. The van der Waals surface area contributed by atoms with E-state index in [2.05, 4.69) is 10.3 Å². The number of fused-ring (bicyclic) bond motifs is 1. The summed E-state index contributed by atoms with van der Waals surface area (Å²) in [6.07, 6.45) is 1.70. The van der Waals surface area contributed by atoms with Gasteiger partial charge in [0, 0.05) is 19.0 Å². The summed E-state index contributed by atoms with van der Waals surface area (Å²) in [7, 11) is 1.56. The van der Waals surface area contributed by atoms with E-state index in [-0.39, 0.29) is 12.2 Å². The molecule has 0 radical (unpaired) electrons. The molecule has 0 amide bonds. The van der Waals surface area contributed by atoms with Crippen LogP contribution in [0.3, 0.4) is 0 Å². The van der Waals surface area contributed by atoms with Gasteiger partial charge in [-0.05, 0) is 24.3 Å². The topological polar surface area (TPSA) is 55.6 Å². The highest BCUT2D eigenvalue weighted by Gasteiger charge is 2.12. The first-order valence-electron chi connectivity index (χ1n) is 6.61. The molecule has 0 bridgehead atoms. The highest BCUT2D eigenvalue weighted by atomic mass is 16.5. The van der Waals surface area contributed by atoms with E-state index >= 15 is 0 Å². The molecule has 0 aliphatic carbocycles.